The van der Waals surface area contributed by atoms with Crippen molar-refractivity contribution in [2.75, 3.05) is 13.1 Å². The van der Waals surface area contributed by atoms with E-state index < -0.39 is 18.0 Å². The van der Waals surface area contributed by atoms with Crippen LogP contribution >= 0.6 is 0 Å². The number of carbonyl (C=O) groups is 1. The number of hydrogen-bond acceptors (Lipinski definition) is 2. The van der Waals surface area contributed by atoms with E-state index in [1.807, 2.05) is 19.9 Å². The molecule has 0 N–H and O–H groups in total. The lowest BCUT2D eigenvalue weighted by atomic mass is 9.80. The van der Waals surface area contributed by atoms with Gasteiger partial charge in [-0.15, -0.1) is 0 Å². The van der Waals surface area contributed by atoms with E-state index in [4.69, 9.17) is 5.26 Å². The van der Waals surface area contributed by atoms with E-state index in [1.54, 1.807) is 4.90 Å². The van der Waals surface area contributed by atoms with E-state index in [0.29, 0.717) is 25.9 Å². The molecule has 3 nitrogen and oxygen atoms in total. The Morgan fingerprint density at radius 1 is 1.38 bits per heavy atom. The highest BCUT2D eigenvalue weighted by Crippen LogP contribution is 2.40. The van der Waals surface area contributed by atoms with Gasteiger partial charge in [0, 0.05) is 19.0 Å². The van der Waals surface area contributed by atoms with Crippen LogP contribution in [0.4, 0.5) is 13.2 Å². The Balaban J connectivity index is 2.71. The van der Waals surface area contributed by atoms with Crippen LogP contribution in [0.1, 0.15) is 46.0 Å². The van der Waals surface area contributed by atoms with Gasteiger partial charge in [-0.2, -0.15) is 18.4 Å². The second-order valence-corrected chi connectivity index (χ2v) is 6.19. The van der Waals surface area contributed by atoms with Crippen LogP contribution in [0.15, 0.2) is 0 Å². The largest absolute Gasteiger partial charge is 0.391 e. The molecular weight excluding hydrogens is 281 g/mol. The molecule has 0 aromatic carbocycles. The van der Waals surface area contributed by atoms with Crippen molar-refractivity contribution in [3.8, 4) is 6.07 Å². The molecule has 2 atom stereocenters. The number of nitrogens with zero attached hydrogens (tertiary/aromatic N) is 2. The van der Waals surface area contributed by atoms with E-state index in [1.165, 1.54) is 0 Å². The highest BCUT2D eigenvalue weighted by atomic mass is 19.4. The lowest BCUT2D eigenvalue weighted by Gasteiger charge is -2.34. The minimum atomic E-state index is -4.21. The average Bonchev–Trinajstić information content (AvgIpc) is 2.41. The normalized spacial score (nSPS) is 22.9. The van der Waals surface area contributed by atoms with Crippen molar-refractivity contribution in [2.45, 2.75) is 52.1 Å². The number of carbonyl (C=O) groups excluding carboxylic acids is 1. The third-order valence-corrected chi connectivity index (χ3v) is 3.88. The van der Waals surface area contributed by atoms with Gasteiger partial charge in [0.15, 0.2) is 0 Å². The molecule has 0 spiro atoms. The molecule has 0 aliphatic heterocycles. The van der Waals surface area contributed by atoms with Crippen molar-refractivity contribution < 1.29 is 18.0 Å². The van der Waals surface area contributed by atoms with Gasteiger partial charge >= 0.3 is 6.18 Å². The molecule has 120 valence electrons. The SMILES string of the molecule is CC(C)CN(CCC#N)C(=O)C1CCCC(C(F)(F)F)C1. The first-order chi connectivity index (χ1) is 9.75. The highest BCUT2D eigenvalue weighted by Gasteiger charge is 2.44. The molecule has 1 aliphatic carbocycles. The molecular formula is C15H23F3N2O. The molecule has 0 heterocycles. The summed E-state index contributed by atoms with van der Waals surface area (Å²) in [7, 11) is 0. The fourth-order valence-electron chi connectivity index (χ4n) is 2.89. The maximum absolute atomic E-state index is 12.8. The molecule has 1 amide bonds. The lowest BCUT2D eigenvalue weighted by Crippen LogP contribution is -2.42. The number of alkyl halides is 3. The van der Waals surface area contributed by atoms with Gasteiger partial charge in [0.25, 0.3) is 0 Å². The monoisotopic (exact) mass is 304 g/mol. The van der Waals surface area contributed by atoms with Crippen molar-refractivity contribution >= 4 is 5.91 Å². The van der Waals surface area contributed by atoms with Gasteiger partial charge in [-0.25, -0.2) is 0 Å². The molecule has 0 aromatic heterocycles. The first kappa shape index (κ1) is 17.8. The molecule has 1 aliphatic rings. The Labute approximate surface area is 124 Å². The first-order valence-corrected chi connectivity index (χ1v) is 7.48. The van der Waals surface area contributed by atoms with Crippen LogP contribution in [-0.4, -0.2) is 30.1 Å². The Hall–Kier alpha value is -1.25. The minimum absolute atomic E-state index is 0.108. The van der Waals surface area contributed by atoms with Crippen molar-refractivity contribution in [1.82, 2.24) is 4.90 Å². The summed E-state index contributed by atoms with van der Waals surface area (Å²) in [5.41, 5.74) is 0. The molecule has 21 heavy (non-hydrogen) atoms. The zero-order valence-corrected chi connectivity index (χ0v) is 12.6. The first-order valence-electron chi connectivity index (χ1n) is 7.48. The smallest absolute Gasteiger partial charge is 0.341 e. The zero-order valence-electron chi connectivity index (χ0n) is 12.6. The summed E-state index contributed by atoms with van der Waals surface area (Å²) < 4.78 is 38.5. The predicted molar refractivity (Wildman–Crippen MR) is 73.2 cm³/mol. The van der Waals surface area contributed by atoms with Crippen LogP contribution in [-0.2, 0) is 4.79 Å². The summed E-state index contributed by atoms with van der Waals surface area (Å²) in [6, 6.07) is 1.99. The third-order valence-electron chi connectivity index (χ3n) is 3.88. The van der Waals surface area contributed by atoms with Gasteiger partial charge in [0.1, 0.15) is 0 Å². The molecule has 2 unspecified atom stereocenters. The number of halogens is 3. The second kappa shape index (κ2) is 7.67. The molecule has 0 saturated heterocycles. The van der Waals surface area contributed by atoms with Crippen LogP contribution in [0.2, 0.25) is 0 Å². The van der Waals surface area contributed by atoms with Crippen molar-refractivity contribution in [2.24, 2.45) is 17.8 Å². The number of amides is 1. The Kier molecular flexibility index (Phi) is 6.50. The van der Waals surface area contributed by atoms with Crippen molar-refractivity contribution in [3.63, 3.8) is 0 Å². The van der Waals surface area contributed by atoms with E-state index in [2.05, 4.69) is 0 Å². The molecule has 0 bridgehead atoms. The minimum Gasteiger partial charge on any atom is -0.341 e. The van der Waals surface area contributed by atoms with Crippen LogP contribution < -0.4 is 0 Å². The van der Waals surface area contributed by atoms with Gasteiger partial charge < -0.3 is 4.90 Å². The summed E-state index contributed by atoms with van der Waals surface area (Å²) in [6.45, 7) is 4.70. The fourth-order valence-corrected chi connectivity index (χ4v) is 2.89. The molecule has 1 saturated carbocycles. The maximum atomic E-state index is 12.8. The Morgan fingerprint density at radius 2 is 2.05 bits per heavy atom. The third kappa shape index (κ3) is 5.56. The van der Waals surface area contributed by atoms with Crippen LogP contribution in [0.5, 0.6) is 0 Å². The number of rotatable bonds is 5. The lowest BCUT2D eigenvalue weighted by molar-refractivity contribution is -0.187. The van der Waals surface area contributed by atoms with Crippen LogP contribution in [0, 0.1) is 29.1 Å². The summed E-state index contributed by atoms with van der Waals surface area (Å²) in [4.78, 5) is 14.0. The molecule has 1 fully saturated rings. The van der Waals surface area contributed by atoms with Crippen LogP contribution in [0.25, 0.3) is 0 Å². The molecule has 1 rings (SSSR count). The molecule has 0 aromatic rings. The summed E-state index contributed by atoms with van der Waals surface area (Å²) >= 11 is 0. The van der Waals surface area contributed by atoms with E-state index in [-0.39, 0.29) is 31.1 Å². The Bertz CT molecular complexity index is 387. The van der Waals surface area contributed by atoms with Gasteiger partial charge in [0.2, 0.25) is 5.91 Å². The highest BCUT2D eigenvalue weighted by molar-refractivity contribution is 5.79. The standard InChI is InChI=1S/C15H23F3N2O/c1-11(2)10-20(8-4-7-19)14(21)12-5-3-6-13(9-12)15(16,17)18/h11-13H,3-6,8-10H2,1-2H3. The van der Waals surface area contributed by atoms with Gasteiger partial charge in [-0.05, 0) is 25.2 Å². The number of hydrogen-bond donors (Lipinski definition) is 0. The molecule has 0 radical (unpaired) electrons. The van der Waals surface area contributed by atoms with Gasteiger partial charge in [-0.1, -0.05) is 20.3 Å². The van der Waals surface area contributed by atoms with Gasteiger partial charge in [0.05, 0.1) is 18.4 Å². The summed E-state index contributed by atoms with van der Waals surface area (Å²) in [5, 5.41) is 8.65. The summed E-state index contributed by atoms with van der Waals surface area (Å²) in [6.07, 6.45) is -3.03. The van der Waals surface area contributed by atoms with E-state index >= 15 is 0 Å². The topological polar surface area (TPSA) is 44.1 Å². The van der Waals surface area contributed by atoms with E-state index in [0.717, 1.165) is 0 Å². The van der Waals surface area contributed by atoms with Crippen molar-refractivity contribution in [3.05, 3.63) is 0 Å². The zero-order chi connectivity index (χ0) is 16.0. The van der Waals surface area contributed by atoms with E-state index in [9.17, 15) is 18.0 Å². The second-order valence-electron chi connectivity index (χ2n) is 6.19. The molecule has 6 heteroatoms. The summed E-state index contributed by atoms with van der Waals surface area (Å²) in [5.74, 6) is -1.90. The van der Waals surface area contributed by atoms with Crippen LogP contribution in [0.3, 0.4) is 0 Å². The predicted octanol–water partition coefficient (Wildman–Crippen LogP) is 3.75. The fraction of sp³-hybridized carbons (Fsp3) is 0.867. The average molecular weight is 304 g/mol. The Morgan fingerprint density at radius 3 is 2.57 bits per heavy atom. The number of nitriles is 1. The quantitative estimate of drug-likeness (QED) is 0.776. The van der Waals surface area contributed by atoms with Gasteiger partial charge in [-0.3, -0.25) is 4.79 Å². The maximum Gasteiger partial charge on any atom is 0.391 e. The van der Waals surface area contributed by atoms with Crippen molar-refractivity contribution in [1.29, 1.82) is 5.26 Å².